The molecule has 41 heavy (non-hydrogen) atoms. The van der Waals surface area contributed by atoms with E-state index in [0.717, 1.165) is 16.7 Å². The smallest absolute Gasteiger partial charge is 0.330 e. The molecule has 1 aromatic heterocycles. The highest BCUT2D eigenvalue weighted by molar-refractivity contribution is 6.13. The number of fused-ring (bicyclic) bond motifs is 1. The molecule has 2 heterocycles. The molecule has 0 radical (unpaired) electrons. The Hall–Kier alpha value is -4.65. The molecule has 7 heteroatoms. The van der Waals surface area contributed by atoms with Crippen LogP contribution in [0.2, 0.25) is 0 Å². The number of nitrogens with zero attached hydrogens (tertiary/aromatic N) is 2. The summed E-state index contributed by atoms with van der Waals surface area (Å²) in [4.78, 5) is 33.3. The van der Waals surface area contributed by atoms with Gasteiger partial charge in [0.25, 0.3) is 5.91 Å². The monoisotopic (exact) mass is 550 g/mol. The summed E-state index contributed by atoms with van der Waals surface area (Å²) in [5.74, 6) is -0.367. The zero-order valence-corrected chi connectivity index (χ0v) is 23.8. The van der Waals surface area contributed by atoms with E-state index >= 15 is 0 Å². The van der Waals surface area contributed by atoms with Gasteiger partial charge < -0.3 is 14.6 Å². The number of carbonyl (C=O) groups excluding carboxylic acids is 1. The van der Waals surface area contributed by atoms with Crippen LogP contribution in [0, 0.1) is 0 Å². The Morgan fingerprint density at radius 2 is 1.71 bits per heavy atom. The lowest BCUT2D eigenvalue weighted by Gasteiger charge is -2.35. The number of aliphatic carboxylic acids is 1. The fourth-order valence-corrected chi connectivity index (χ4v) is 5.52. The summed E-state index contributed by atoms with van der Waals surface area (Å²) in [6.07, 6.45) is 3.65. The zero-order valence-electron chi connectivity index (χ0n) is 23.8. The van der Waals surface area contributed by atoms with E-state index in [2.05, 4.69) is 25.8 Å². The van der Waals surface area contributed by atoms with Gasteiger partial charge in [-0.2, -0.15) is 0 Å². The van der Waals surface area contributed by atoms with E-state index in [1.807, 2.05) is 54.6 Å². The first-order valence-electron chi connectivity index (χ1n) is 13.6. The molecular formula is C34H34N2O5. The molecule has 4 aromatic rings. The van der Waals surface area contributed by atoms with Crippen LogP contribution in [0.1, 0.15) is 53.4 Å². The molecule has 1 aliphatic rings. The molecule has 1 N–H and O–H groups in total. The lowest BCUT2D eigenvalue weighted by molar-refractivity contribution is -0.143. The lowest BCUT2D eigenvalue weighted by atomic mass is 9.85. The number of carboxylic acid groups (broad SMARTS) is 1. The number of aromatic nitrogens is 1. The molecule has 1 aliphatic heterocycles. The first-order valence-corrected chi connectivity index (χ1v) is 13.6. The molecule has 0 bridgehead atoms. The Bertz CT molecular complexity index is 1560. The number of carbonyl (C=O) groups is 2. The zero-order chi connectivity index (χ0) is 29.2. The van der Waals surface area contributed by atoms with Crippen LogP contribution in [0.3, 0.4) is 0 Å². The van der Waals surface area contributed by atoms with Crippen molar-refractivity contribution in [3.8, 4) is 11.5 Å². The van der Waals surface area contributed by atoms with Crippen LogP contribution in [0.15, 0.2) is 91.3 Å². The minimum atomic E-state index is -1.57. The third kappa shape index (κ3) is 5.40. The normalized spacial score (nSPS) is 16.2. The molecule has 0 aliphatic carbocycles. The molecule has 0 fully saturated rings. The summed E-state index contributed by atoms with van der Waals surface area (Å²) >= 11 is 0. The van der Waals surface area contributed by atoms with Crippen molar-refractivity contribution in [2.45, 2.75) is 51.2 Å². The predicted octanol–water partition coefficient (Wildman–Crippen LogP) is 6.24. The average molecular weight is 551 g/mol. The molecule has 0 saturated carbocycles. The minimum absolute atomic E-state index is 0.0960. The molecule has 7 nitrogen and oxygen atoms in total. The van der Waals surface area contributed by atoms with Crippen molar-refractivity contribution >= 4 is 17.6 Å². The predicted molar refractivity (Wildman–Crippen MR) is 158 cm³/mol. The van der Waals surface area contributed by atoms with Gasteiger partial charge in [-0.05, 0) is 46.9 Å². The van der Waals surface area contributed by atoms with Crippen LogP contribution < -0.4 is 14.4 Å². The molecule has 0 spiro atoms. The summed E-state index contributed by atoms with van der Waals surface area (Å²) in [5.41, 5.74) is 2.45. The van der Waals surface area contributed by atoms with Gasteiger partial charge in [0.15, 0.2) is 5.54 Å². The van der Waals surface area contributed by atoms with Crippen molar-refractivity contribution < 1.29 is 24.2 Å². The number of benzene rings is 3. The van der Waals surface area contributed by atoms with Crippen molar-refractivity contribution in [3.63, 3.8) is 0 Å². The number of hydrogen-bond acceptors (Lipinski definition) is 5. The van der Waals surface area contributed by atoms with Gasteiger partial charge in [-0.25, -0.2) is 4.79 Å². The Morgan fingerprint density at radius 1 is 0.951 bits per heavy atom. The van der Waals surface area contributed by atoms with Gasteiger partial charge >= 0.3 is 5.97 Å². The van der Waals surface area contributed by atoms with Gasteiger partial charge in [0, 0.05) is 41.9 Å². The quantitative estimate of drug-likeness (QED) is 0.280. The topological polar surface area (TPSA) is 89.0 Å². The third-order valence-electron chi connectivity index (χ3n) is 7.56. The van der Waals surface area contributed by atoms with Gasteiger partial charge in [-0.1, -0.05) is 69.3 Å². The maximum absolute atomic E-state index is 14.4. The average Bonchev–Trinajstić information content (AvgIpc) is 3.31. The molecule has 210 valence electrons. The van der Waals surface area contributed by atoms with Crippen molar-refractivity contribution in [3.05, 3.63) is 119 Å². The van der Waals surface area contributed by atoms with Crippen LogP contribution in [-0.4, -0.2) is 34.6 Å². The standard InChI is InChI=1S/C34H34N2O5/c1-33(2,3)27-16-15-25(18-30(27)40-4)31(37)36-28-13-8-14-29(41-22-24-12-9-17-35-21-24)26(28)20-34(36,32(38)39)19-23-10-6-5-7-11-23/h5-18,21H,19-20,22H2,1-4H3,(H,38,39). The number of pyridine rings is 1. The molecular weight excluding hydrogens is 516 g/mol. The van der Waals surface area contributed by atoms with Crippen LogP contribution in [-0.2, 0) is 29.7 Å². The van der Waals surface area contributed by atoms with Gasteiger partial charge in [-0.3, -0.25) is 14.7 Å². The highest BCUT2D eigenvalue weighted by atomic mass is 16.5. The maximum Gasteiger partial charge on any atom is 0.330 e. The molecule has 1 atom stereocenters. The molecule has 3 aromatic carbocycles. The van der Waals surface area contributed by atoms with Crippen molar-refractivity contribution in [1.82, 2.24) is 4.98 Å². The fourth-order valence-electron chi connectivity index (χ4n) is 5.52. The van der Waals surface area contributed by atoms with E-state index in [4.69, 9.17) is 9.47 Å². The number of hydrogen-bond donors (Lipinski definition) is 1. The summed E-state index contributed by atoms with van der Waals surface area (Å²) in [5, 5.41) is 10.8. The van der Waals surface area contributed by atoms with Crippen molar-refractivity contribution in [1.29, 1.82) is 0 Å². The van der Waals surface area contributed by atoms with Crippen molar-refractivity contribution in [2.24, 2.45) is 0 Å². The maximum atomic E-state index is 14.4. The summed E-state index contributed by atoms with van der Waals surface area (Å²) < 4.78 is 11.9. The summed E-state index contributed by atoms with van der Waals surface area (Å²) in [7, 11) is 1.58. The van der Waals surface area contributed by atoms with Crippen LogP contribution >= 0.6 is 0 Å². The number of rotatable bonds is 8. The van der Waals surface area contributed by atoms with Gasteiger partial charge in [0.05, 0.1) is 12.8 Å². The summed E-state index contributed by atoms with van der Waals surface area (Å²) in [6.45, 7) is 6.49. The molecule has 5 rings (SSSR count). The molecule has 0 saturated heterocycles. The third-order valence-corrected chi connectivity index (χ3v) is 7.56. The van der Waals surface area contributed by atoms with Gasteiger partial charge in [0.1, 0.15) is 18.1 Å². The second kappa shape index (κ2) is 11.1. The lowest BCUT2D eigenvalue weighted by Crippen LogP contribution is -2.57. The van der Waals surface area contributed by atoms with E-state index in [1.165, 1.54) is 4.90 Å². The van der Waals surface area contributed by atoms with E-state index in [-0.39, 0.29) is 24.9 Å². The van der Waals surface area contributed by atoms with E-state index < -0.39 is 17.4 Å². The Morgan fingerprint density at radius 3 is 2.37 bits per heavy atom. The minimum Gasteiger partial charge on any atom is -0.496 e. The van der Waals surface area contributed by atoms with Gasteiger partial charge in [-0.15, -0.1) is 0 Å². The van der Waals surface area contributed by atoms with Crippen molar-refractivity contribution in [2.75, 3.05) is 12.0 Å². The van der Waals surface area contributed by atoms with Crippen LogP contribution in [0.25, 0.3) is 0 Å². The Labute approximate surface area is 240 Å². The molecule has 1 amide bonds. The highest BCUT2D eigenvalue weighted by Gasteiger charge is 2.54. The number of ether oxygens (including phenoxy) is 2. The first kappa shape index (κ1) is 27.9. The van der Waals surface area contributed by atoms with E-state index in [9.17, 15) is 14.7 Å². The molecule has 1 unspecified atom stereocenters. The summed E-state index contributed by atoms with van der Waals surface area (Å²) in [6, 6.07) is 23.9. The van der Waals surface area contributed by atoms with Crippen LogP contribution in [0.5, 0.6) is 11.5 Å². The number of anilines is 1. The van der Waals surface area contributed by atoms with Gasteiger partial charge in [0.2, 0.25) is 0 Å². The number of amides is 1. The highest BCUT2D eigenvalue weighted by Crippen LogP contribution is 2.46. The second-order valence-corrected chi connectivity index (χ2v) is 11.4. The SMILES string of the molecule is COc1cc(C(=O)N2c3cccc(OCc4cccnc4)c3CC2(Cc2ccccc2)C(=O)O)ccc1C(C)(C)C. The largest absolute Gasteiger partial charge is 0.496 e. The Balaban J connectivity index is 1.62. The fraction of sp³-hybridized carbons (Fsp3) is 0.265. The van der Waals surface area contributed by atoms with E-state index in [1.54, 1.807) is 43.8 Å². The van der Waals surface area contributed by atoms with Crippen LogP contribution in [0.4, 0.5) is 5.69 Å². The number of carboxylic acids is 1. The first-order chi connectivity index (χ1) is 19.6. The number of methoxy groups -OCH3 is 1. The van der Waals surface area contributed by atoms with E-state index in [0.29, 0.717) is 28.3 Å². The second-order valence-electron chi connectivity index (χ2n) is 11.4. The Kier molecular flexibility index (Phi) is 7.54.